The predicted molar refractivity (Wildman–Crippen MR) is 101 cm³/mol. The van der Waals surface area contributed by atoms with Crippen molar-refractivity contribution < 1.29 is 5.11 Å². The largest absolute Gasteiger partial charge is 0.388 e. The van der Waals surface area contributed by atoms with E-state index >= 15 is 0 Å². The molecule has 25 heavy (non-hydrogen) atoms. The van der Waals surface area contributed by atoms with E-state index in [1.807, 2.05) is 30.3 Å². The molecular weight excluding hydrogens is 310 g/mol. The molecular formula is C21H31N3O. The molecule has 0 amide bonds. The molecule has 0 spiro atoms. The van der Waals surface area contributed by atoms with Crippen LogP contribution in [0.25, 0.3) is 0 Å². The van der Waals surface area contributed by atoms with Gasteiger partial charge in [0.1, 0.15) is 0 Å². The van der Waals surface area contributed by atoms with E-state index < -0.39 is 0 Å². The summed E-state index contributed by atoms with van der Waals surface area (Å²) in [6, 6.07) is 10.5. The highest BCUT2D eigenvalue weighted by atomic mass is 16.3. The first kappa shape index (κ1) is 18.2. The van der Waals surface area contributed by atoms with Gasteiger partial charge < -0.3 is 5.11 Å². The molecule has 1 aliphatic rings. The van der Waals surface area contributed by atoms with Crippen molar-refractivity contribution in [2.24, 2.45) is 7.05 Å². The van der Waals surface area contributed by atoms with E-state index in [-0.39, 0.29) is 6.10 Å². The second-order valence-corrected chi connectivity index (χ2v) is 7.13. The molecule has 1 aromatic carbocycles. The van der Waals surface area contributed by atoms with Crippen LogP contribution < -0.4 is 0 Å². The average Bonchev–Trinajstić information content (AvgIpc) is 3.19. The highest BCUT2D eigenvalue weighted by Gasteiger charge is 2.29. The number of nitrogens with zero attached hydrogens (tertiary/aromatic N) is 3. The topological polar surface area (TPSA) is 41.3 Å². The summed E-state index contributed by atoms with van der Waals surface area (Å²) in [7, 11) is 2.06. The predicted octanol–water partition coefficient (Wildman–Crippen LogP) is 3.63. The molecule has 1 aliphatic heterocycles. The van der Waals surface area contributed by atoms with Crippen LogP contribution in [0.2, 0.25) is 0 Å². The highest BCUT2D eigenvalue weighted by molar-refractivity contribution is 5.27. The number of benzene rings is 1. The Kier molecular flexibility index (Phi) is 5.92. The minimum Gasteiger partial charge on any atom is -0.388 e. The lowest BCUT2D eigenvalue weighted by Gasteiger charge is -2.27. The Bertz CT molecular complexity index is 680. The molecule has 0 saturated carbocycles. The van der Waals surface area contributed by atoms with Gasteiger partial charge in [-0.15, -0.1) is 0 Å². The summed E-state index contributed by atoms with van der Waals surface area (Å²) in [5.41, 5.74) is 5.02. The third-order valence-corrected chi connectivity index (χ3v) is 5.57. The smallest absolute Gasteiger partial charge is 0.0805 e. The van der Waals surface area contributed by atoms with Gasteiger partial charge in [0.15, 0.2) is 0 Å². The van der Waals surface area contributed by atoms with Gasteiger partial charge in [-0.3, -0.25) is 9.58 Å². The van der Waals surface area contributed by atoms with Crippen LogP contribution in [0.5, 0.6) is 0 Å². The quantitative estimate of drug-likeness (QED) is 0.836. The van der Waals surface area contributed by atoms with Crippen LogP contribution in [0.4, 0.5) is 0 Å². The fraction of sp³-hybridized carbons (Fsp3) is 0.571. The van der Waals surface area contributed by atoms with Crippen molar-refractivity contribution in [3.8, 4) is 0 Å². The van der Waals surface area contributed by atoms with Crippen molar-refractivity contribution in [3.05, 3.63) is 52.8 Å². The normalized spacial score (nSPS) is 19.4. The summed E-state index contributed by atoms with van der Waals surface area (Å²) in [6.45, 7) is 6.48. The third-order valence-electron chi connectivity index (χ3n) is 5.57. The van der Waals surface area contributed by atoms with Crippen molar-refractivity contribution in [3.63, 3.8) is 0 Å². The van der Waals surface area contributed by atoms with E-state index in [9.17, 15) is 5.11 Å². The molecule has 3 rings (SSSR count). The number of hydrogen-bond acceptors (Lipinski definition) is 3. The molecule has 2 unspecified atom stereocenters. The number of likely N-dealkylation sites (tertiary alicyclic amines) is 1. The van der Waals surface area contributed by atoms with E-state index in [0.717, 1.165) is 37.9 Å². The number of rotatable bonds is 7. The molecule has 4 heteroatoms. The van der Waals surface area contributed by atoms with Crippen LogP contribution in [0.1, 0.15) is 61.7 Å². The Labute approximate surface area is 151 Å². The number of aromatic nitrogens is 2. The maximum atomic E-state index is 10.6. The lowest BCUT2D eigenvalue weighted by atomic mass is 10.00. The summed E-state index contributed by atoms with van der Waals surface area (Å²) >= 11 is 0. The second-order valence-electron chi connectivity index (χ2n) is 7.13. The fourth-order valence-corrected chi connectivity index (χ4v) is 4.21. The van der Waals surface area contributed by atoms with E-state index in [1.165, 1.54) is 29.8 Å². The summed E-state index contributed by atoms with van der Waals surface area (Å²) in [4.78, 5) is 2.56. The van der Waals surface area contributed by atoms with Gasteiger partial charge in [-0.25, -0.2) is 0 Å². The van der Waals surface area contributed by atoms with E-state index in [4.69, 9.17) is 5.10 Å². The number of aliphatic hydroxyl groups is 1. The minimum absolute atomic E-state index is 0.378. The Morgan fingerprint density at radius 3 is 2.64 bits per heavy atom. The van der Waals surface area contributed by atoms with Gasteiger partial charge in [-0.2, -0.15) is 5.10 Å². The maximum Gasteiger partial charge on any atom is 0.0805 e. The molecule has 1 aromatic heterocycles. The molecule has 2 atom stereocenters. The van der Waals surface area contributed by atoms with Crippen molar-refractivity contribution in [1.82, 2.24) is 14.7 Å². The standard InChI is InChI=1S/C21H31N3O/c1-4-19-18(20(5-2)23(3)22-19)15-24-13-9-12-17(24)14-21(25)16-10-7-6-8-11-16/h6-8,10-11,17,21,25H,4-5,9,12-15H2,1-3H3. The zero-order valence-electron chi connectivity index (χ0n) is 15.8. The van der Waals surface area contributed by atoms with Gasteiger partial charge in [0.25, 0.3) is 0 Å². The van der Waals surface area contributed by atoms with Crippen LogP contribution in [-0.4, -0.2) is 32.4 Å². The van der Waals surface area contributed by atoms with Gasteiger partial charge in [0.2, 0.25) is 0 Å². The SMILES string of the molecule is CCc1nn(C)c(CC)c1CN1CCCC1CC(O)c1ccccc1. The molecule has 136 valence electrons. The monoisotopic (exact) mass is 341 g/mol. The minimum atomic E-state index is -0.378. The second kappa shape index (κ2) is 8.15. The zero-order chi connectivity index (χ0) is 17.8. The van der Waals surface area contributed by atoms with Crippen molar-refractivity contribution in [1.29, 1.82) is 0 Å². The first-order valence-corrected chi connectivity index (χ1v) is 9.64. The lowest BCUT2D eigenvalue weighted by Crippen LogP contribution is -2.31. The van der Waals surface area contributed by atoms with Crippen LogP contribution >= 0.6 is 0 Å². The van der Waals surface area contributed by atoms with Crippen LogP contribution in [-0.2, 0) is 26.4 Å². The molecule has 1 fully saturated rings. The fourth-order valence-electron chi connectivity index (χ4n) is 4.21. The van der Waals surface area contributed by atoms with Crippen molar-refractivity contribution in [2.45, 2.75) is 64.6 Å². The molecule has 2 heterocycles. The number of aliphatic hydroxyl groups excluding tert-OH is 1. The molecule has 0 bridgehead atoms. The number of hydrogen-bond donors (Lipinski definition) is 1. The Hall–Kier alpha value is -1.65. The van der Waals surface area contributed by atoms with Gasteiger partial charge in [0, 0.05) is 30.9 Å². The average molecular weight is 341 g/mol. The van der Waals surface area contributed by atoms with Crippen molar-refractivity contribution >= 4 is 0 Å². The van der Waals surface area contributed by atoms with Crippen LogP contribution in [0, 0.1) is 0 Å². The Morgan fingerprint density at radius 2 is 1.96 bits per heavy atom. The van der Waals surface area contributed by atoms with E-state index in [2.05, 4.69) is 30.5 Å². The summed E-state index contributed by atoms with van der Waals surface area (Å²) < 4.78 is 2.05. The number of aryl methyl sites for hydroxylation is 2. The summed E-state index contributed by atoms with van der Waals surface area (Å²) in [5.74, 6) is 0. The molecule has 0 radical (unpaired) electrons. The van der Waals surface area contributed by atoms with Gasteiger partial charge in [0.05, 0.1) is 11.8 Å². The third kappa shape index (κ3) is 3.96. The van der Waals surface area contributed by atoms with E-state index in [0.29, 0.717) is 6.04 Å². The maximum absolute atomic E-state index is 10.6. The van der Waals surface area contributed by atoms with E-state index in [1.54, 1.807) is 0 Å². The molecule has 1 N–H and O–H groups in total. The van der Waals surface area contributed by atoms with Crippen LogP contribution in [0.3, 0.4) is 0 Å². The molecule has 1 saturated heterocycles. The first-order chi connectivity index (χ1) is 12.1. The summed E-state index contributed by atoms with van der Waals surface area (Å²) in [5, 5.41) is 15.3. The van der Waals surface area contributed by atoms with Gasteiger partial charge in [-0.05, 0) is 44.2 Å². The van der Waals surface area contributed by atoms with Gasteiger partial charge in [-0.1, -0.05) is 44.2 Å². The zero-order valence-corrected chi connectivity index (χ0v) is 15.8. The Balaban J connectivity index is 1.72. The highest BCUT2D eigenvalue weighted by Crippen LogP contribution is 2.30. The Morgan fingerprint density at radius 1 is 1.20 bits per heavy atom. The van der Waals surface area contributed by atoms with Crippen molar-refractivity contribution in [2.75, 3.05) is 6.54 Å². The first-order valence-electron chi connectivity index (χ1n) is 9.64. The van der Waals surface area contributed by atoms with Gasteiger partial charge >= 0.3 is 0 Å². The molecule has 4 nitrogen and oxygen atoms in total. The lowest BCUT2D eigenvalue weighted by molar-refractivity contribution is 0.117. The molecule has 2 aromatic rings. The summed E-state index contributed by atoms with van der Waals surface area (Å²) in [6.07, 6.45) is 4.82. The molecule has 0 aliphatic carbocycles. The van der Waals surface area contributed by atoms with Crippen LogP contribution in [0.15, 0.2) is 30.3 Å².